The number of rotatable bonds is 3. The molecule has 106 valence electrons. The van der Waals surface area contributed by atoms with Crippen molar-refractivity contribution in [2.75, 3.05) is 0 Å². The highest BCUT2D eigenvalue weighted by Crippen LogP contribution is 2.22. The molecule has 4 nitrogen and oxygen atoms in total. The number of nitrogens with zero attached hydrogens (tertiary/aromatic N) is 3. The molecule has 0 N–H and O–H groups in total. The highest BCUT2D eigenvalue weighted by molar-refractivity contribution is 5.97. The maximum Gasteiger partial charge on any atom is 0.165 e. The smallest absolute Gasteiger partial charge is 0.165 e. The van der Waals surface area contributed by atoms with E-state index in [9.17, 15) is 4.79 Å². The lowest BCUT2D eigenvalue weighted by Crippen LogP contribution is -2.15. The Bertz CT molecular complexity index is 635. The normalized spacial score (nSPS) is 11.7. The fourth-order valence-corrected chi connectivity index (χ4v) is 2.09. The standard InChI is InChI=1S/C16H21N3O/c1-11-8-9-19(18-11)15-7-6-13(12(2)17-15)14(20)10-16(3,4)5/h6-9H,10H2,1-5H3. The molecular weight excluding hydrogens is 250 g/mol. The van der Waals surface area contributed by atoms with Gasteiger partial charge in [-0.25, -0.2) is 9.67 Å². The van der Waals surface area contributed by atoms with Crippen LogP contribution in [0.2, 0.25) is 0 Å². The summed E-state index contributed by atoms with van der Waals surface area (Å²) in [5, 5.41) is 4.33. The van der Waals surface area contributed by atoms with E-state index in [1.165, 1.54) is 0 Å². The first-order valence-corrected chi connectivity index (χ1v) is 6.80. The second-order valence-corrected chi connectivity index (χ2v) is 6.36. The Morgan fingerprint density at radius 1 is 1.20 bits per heavy atom. The number of Topliss-reactive ketones (excluding diaryl/α,β-unsaturated/α-hetero) is 1. The van der Waals surface area contributed by atoms with Crippen LogP contribution >= 0.6 is 0 Å². The summed E-state index contributed by atoms with van der Waals surface area (Å²) in [5.41, 5.74) is 2.39. The Kier molecular flexibility index (Phi) is 3.75. The first-order valence-electron chi connectivity index (χ1n) is 6.80. The molecule has 0 aliphatic rings. The molecule has 2 heterocycles. The number of hydrogen-bond donors (Lipinski definition) is 0. The SMILES string of the molecule is Cc1ccn(-c2ccc(C(=O)CC(C)(C)C)c(C)n2)n1. The van der Waals surface area contributed by atoms with Crippen molar-refractivity contribution in [2.45, 2.75) is 41.0 Å². The number of ketones is 1. The topological polar surface area (TPSA) is 47.8 Å². The maximum atomic E-state index is 12.3. The Labute approximate surface area is 119 Å². The molecule has 2 aromatic rings. The molecule has 0 saturated heterocycles. The fourth-order valence-electron chi connectivity index (χ4n) is 2.09. The zero-order chi connectivity index (χ0) is 14.9. The van der Waals surface area contributed by atoms with Crippen LogP contribution in [-0.4, -0.2) is 20.5 Å². The van der Waals surface area contributed by atoms with E-state index in [-0.39, 0.29) is 11.2 Å². The lowest BCUT2D eigenvalue weighted by Gasteiger charge is -2.17. The van der Waals surface area contributed by atoms with Crippen LogP contribution in [0.3, 0.4) is 0 Å². The van der Waals surface area contributed by atoms with Gasteiger partial charge >= 0.3 is 0 Å². The van der Waals surface area contributed by atoms with E-state index in [1.807, 2.05) is 38.2 Å². The van der Waals surface area contributed by atoms with Crippen LogP contribution < -0.4 is 0 Å². The molecule has 0 amide bonds. The van der Waals surface area contributed by atoms with Gasteiger partial charge in [-0.2, -0.15) is 5.10 Å². The van der Waals surface area contributed by atoms with Gasteiger partial charge in [0.1, 0.15) is 0 Å². The maximum absolute atomic E-state index is 12.3. The molecule has 0 aliphatic carbocycles. The minimum atomic E-state index is -0.0126. The third-order valence-electron chi connectivity index (χ3n) is 3.02. The molecule has 0 aromatic carbocycles. The molecule has 2 rings (SSSR count). The summed E-state index contributed by atoms with van der Waals surface area (Å²) in [5.74, 6) is 0.883. The van der Waals surface area contributed by atoms with Gasteiger partial charge in [0.25, 0.3) is 0 Å². The van der Waals surface area contributed by atoms with Gasteiger partial charge in [0.15, 0.2) is 11.6 Å². The Morgan fingerprint density at radius 3 is 2.40 bits per heavy atom. The largest absolute Gasteiger partial charge is 0.294 e. The van der Waals surface area contributed by atoms with E-state index in [1.54, 1.807) is 4.68 Å². The van der Waals surface area contributed by atoms with Gasteiger partial charge in [0, 0.05) is 18.2 Å². The van der Waals surface area contributed by atoms with Crippen molar-refractivity contribution >= 4 is 5.78 Å². The van der Waals surface area contributed by atoms with Crippen molar-refractivity contribution in [1.29, 1.82) is 0 Å². The summed E-state index contributed by atoms with van der Waals surface area (Å²) in [6.07, 6.45) is 2.39. The van der Waals surface area contributed by atoms with Crippen molar-refractivity contribution in [3.05, 3.63) is 41.3 Å². The van der Waals surface area contributed by atoms with Gasteiger partial charge in [-0.05, 0) is 37.5 Å². The average Bonchev–Trinajstić information content (AvgIpc) is 2.73. The number of pyridine rings is 1. The predicted molar refractivity (Wildman–Crippen MR) is 79.2 cm³/mol. The molecule has 0 fully saturated rings. The van der Waals surface area contributed by atoms with E-state index in [2.05, 4.69) is 30.9 Å². The quantitative estimate of drug-likeness (QED) is 0.803. The van der Waals surface area contributed by atoms with E-state index < -0.39 is 0 Å². The van der Waals surface area contributed by atoms with Crippen LogP contribution in [-0.2, 0) is 0 Å². The lowest BCUT2D eigenvalue weighted by atomic mass is 9.87. The summed E-state index contributed by atoms with van der Waals surface area (Å²) in [6, 6.07) is 5.62. The molecule has 0 spiro atoms. The third-order valence-corrected chi connectivity index (χ3v) is 3.02. The minimum absolute atomic E-state index is 0.0126. The Morgan fingerprint density at radius 2 is 1.90 bits per heavy atom. The predicted octanol–water partition coefficient (Wildman–Crippen LogP) is 3.50. The summed E-state index contributed by atoms with van der Waals surface area (Å²) in [4.78, 5) is 16.8. The van der Waals surface area contributed by atoms with Gasteiger partial charge in [-0.15, -0.1) is 0 Å². The fraction of sp³-hybridized carbons (Fsp3) is 0.438. The molecule has 0 bridgehead atoms. The van der Waals surface area contributed by atoms with Gasteiger partial charge in [0.05, 0.1) is 11.4 Å². The van der Waals surface area contributed by atoms with Crippen molar-refractivity contribution in [2.24, 2.45) is 5.41 Å². The van der Waals surface area contributed by atoms with Gasteiger partial charge in [-0.1, -0.05) is 20.8 Å². The van der Waals surface area contributed by atoms with E-state index in [4.69, 9.17) is 0 Å². The highest BCUT2D eigenvalue weighted by Gasteiger charge is 2.19. The van der Waals surface area contributed by atoms with Gasteiger partial charge in [0.2, 0.25) is 0 Å². The van der Waals surface area contributed by atoms with Crippen LogP contribution in [0.5, 0.6) is 0 Å². The Balaban J connectivity index is 2.28. The van der Waals surface area contributed by atoms with Crippen LogP contribution in [0.4, 0.5) is 0 Å². The van der Waals surface area contributed by atoms with Crippen molar-refractivity contribution in [3.8, 4) is 5.82 Å². The summed E-state index contributed by atoms with van der Waals surface area (Å²) >= 11 is 0. The molecule has 0 radical (unpaired) electrons. The van der Waals surface area contributed by atoms with Gasteiger partial charge in [-0.3, -0.25) is 4.79 Å². The van der Waals surface area contributed by atoms with Crippen LogP contribution in [0.15, 0.2) is 24.4 Å². The molecule has 2 aromatic heterocycles. The first-order chi connectivity index (χ1) is 9.26. The summed E-state index contributed by atoms with van der Waals surface area (Å²) < 4.78 is 1.72. The number of carbonyl (C=O) groups excluding carboxylic acids is 1. The lowest BCUT2D eigenvalue weighted by molar-refractivity contribution is 0.0939. The zero-order valence-corrected chi connectivity index (χ0v) is 12.8. The number of hydrogen-bond acceptors (Lipinski definition) is 3. The highest BCUT2D eigenvalue weighted by atomic mass is 16.1. The van der Waals surface area contributed by atoms with E-state index in [0.29, 0.717) is 12.0 Å². The average molecular weight is 271 g/mol. The van der Waals surface area contributed by atoms with Crippen molar-refractivity contribution in [1.82, 2.24) is 14.8 Å². The van der Waals surface area contributed by atoms with Crippen LogP contribution in [0, 0.1) is 19.3 Å². The zero-order valence-electron chi connectivity index (χ0n) is 12.8. The summed E-state index contributed by atoms with van der Waals surface area (Å²) in [7, 11) is 0. The molecule has 0 atom stereocenters. The third kappa shape index (κ3) is 3.32. The summed E-state index contributed by atoms with van der Waals surface area (Å²) in [6.45, 7) is 10.00. The number of carbonyl (C=O) groups is 1. The molecule has 0 unspecified atom stereocenters. The Hall–Kier alpha value is -1.97. The van der Waals surface area contributed by atoms with Crippen LogP contribution in [0.1, 0.15) is 48.9 Å². The molecular formula is C16H21N3O. The van der Waals surface area contributed by atoms with E-state index in [0.717, 1.165) is 17.2 Å². The molecule has 0 saturated carbocycles. The van der Waals surface area contributed by atoms with Crippen LogP contribution in [0.25, 0.3) is 5.82 Å². The molecule has 20 heavy (non-hydrogen) atoms. The second kappa shape index (κ2) is 5.19. The minimum Gasteiger partial charge on any atom is -0.294 e. The monoisotopic (exact) mass is 271 g/mol. The van der Waals surface area contributed by atoms with Gasteiger partial charge < -0.3 is 0 Å². The second-order valence-electron chi connectivity index (χ2n) is 6.36. The molecule has 4 heteroatoms. The first kappa shape index (κ1) is 14.4. The van der Waals surface area contributed by atoms with Crippen molar-refractivity contribution < 1.29 is 4.79 Å². The van der Waals surface area contributed by atoms with E-state index >= 15 is 0 Å². The number of aromatic nitrogens is 3. The van der Waals surface area contributed by atoms with Crippen molar-refractivity contribution in [3.63, 3.8) is 0 Å². The molecule has 0 aliphatic heterocycles. The number of aryl methyl sites for hydroxylation is 2.